The summed E-state index contributed by atoms with van der Waals surface area (Å²) >= 11 is 1.60. The molecule has 0 N–H and O–H groups in total. The van der Waals surface area contributed by atoms with Gasteiger partial charge in [0.25, 0.3) is 5.91 Å². The van der Waals surface area contributed by atoms with E-state index in [0.717, 1.165) is 23.4 Å². The molecular formula is C20H19N3O2S. The number of benzene rings is 1. The Bertz CT molecular complexity index is 875. The molecule has 0 saturated carbocycles. The predicted molar refractivity (Wildman–Crippen MR) is 99.8 cm³/mol. The minimum absolute atomic E-state index is 0.222. The second-order valence-corrected chi connectivity index (χ2v) is 7.34. The maximum absolute atomic E-state index is 12.8. The van der Waals surface area contributed by atoms with Crippen LogP contribution in [0.5, 0.6) is 0 Å². The number of hydrogen-bond acceptors (Lipinski definition) is 4. The van der Waals surface area contributed by atoms with Crippen molar-refractivity contribution in [3.63, 3.8) is 0 Å². The Labute approximate surface area is 155 Å². The van der Waals surface area contributed by atoms with Gasteiger partial charge in [0.05, 0.1) is 18.3 Å². The molecule has 26 heavy (non-hydrogen) atoms. The topological polar surface area (TPSA) is 55.2 Å². The standard InChI is InChI=1S/C20H19N3O2S/c24-19-17(15-6-2-1-3-7-15)18(16-8-4-13-26-16)23(20(19)25)11-5-10-22-12-9-21-14-22/h1-4,6-9,12-14,17-18H,5,10-11H2. The molecule has 0 spiro atoms. The van der Waals surface area contributed by atoms with E-state index in [1.54, 1.807) is 28.8 Å². The zero-order chi connectivity index (χ0) is 17.9. The van der Waals surface area contributed by atoms with E-state index in [9.17, 15) is 9.59 Å². The molecule has 1 saturated heterocycles. The van der Waals surface area contributed by atoms with Crippen molar-refractivity contribution in [1.82, 2.24) is 14.5 Å². The number of carbonyl (C=O) groups excluding carboxylic acids is 2. The van der Waals surface area contributed by atoms with Crippen LogP contribution < -0.4 is 0 Å². The number of aromatic nitrogens is 2. The molecule has 0 bridgehead atoms. The Morgan fingerprint density at radius 3 is 2.58 bits per heavy atom. The average molecular weight is 365 g/mol. The van der Waals surface area contributed by atoms with Gasteiger partial charge in [-0.25, -0.2) is 4.98 Å². The second-order valence-electron chi connectivity index (χ2n) is 6.37. The number of thiophene rings is 1. The molecule has 5 nitrogen and oxygen atoms in total. The molecule has 3 heterocycles. The van der Waals surface area contributed by atoms with Gasteiger partial charge in [0, 0.05) is 30.4 Å². The van der Waals surface area contributed by atoms with Gasteiger partial charge in [0.15, 0.2) is 0 Å². The number of Topliss-reactive ketones (excluding diaryl/α,β-unsaturated/α-hetero) is 1. The average Bonchev–Trinajstić information content (AvgIpc) is 3.40. The van der Waals surface area contributed by atoms with E-state index in [4.69, 9.17) is 0 Å². The van der Waals surface area contributed by atoms with E-state index in [2.05, 4.69) is 4.98 Å². The summed E-state index contributed by atoms with van der Waals surface area (Å²) in [5.41, 5.74) is 0.904. The van der Waals surface area contributed by atoms with Gasteiger partial charge in [0.1, 0.15) is 0 Å². The first kappa shape index (κ1) is 16.7. The highest BCUT2D eigenvalue weighted by molar-refractivity contribution is 7.10. The van der Waals surface area contributed by atoms with Gasteiger partial charge >= 0.3 is 0 Å². The number of hydrogen-bond donors (Lipinski definition) is 0. The number of rotatable bonds is 6. The lowest BCUT2D eigenvalue weighted by Crippen LogP contribution is -2.31. The monoisotopic (exact) mass is 365 g/mol. The molecule has 2 unspecified atom stereocenters. The number of ketones is 1. The highest BCUT2D eigenvalue weighted by Gasteiger charge is 2.48. The van der Waals surface area contributed by atoms with Gasteiger partial charge in [-0.15, -0.1) is 11.3 Å². The Morgan fingerprint density at radius 2 is 1.88 bits per heavy atom. The van der Waals surface area contributed by atoms with E-state index in [-0.39, 0.29) is 17.7 Å². The molecule has 0 radical (unpaired) electrons. The van der Waals surface area contributed by atoms with Crippen molar-refractivity contribution in [2.75, 3.05) is 6.54 Å². The van der Waals surface area contributed by atoms with Crippen molar-refractivity contribution in [3.05, 3.63) is 77.0 Å². The maximum Gasteiger partial charge on any atom is 0.291 e. The molecule has 2 atom stereocenters. The van der Waals surface area contributed by atoms with Crippen molar-refractivity contribution < 1.29 is 9.59 Å². The normalized spacial score (nSPS) is 20.1. The molecule has 132 valence electrons. The van der Waals surface area contributed by atoms with E-state index in [0.29, 0.717) is 6.54 Å². The number of carbonyl (C=O) groups is 2. The van der Waals surface area contributed by atoms with Gasteiger partial charge in [-0.2, -0.15) is 0 Å². The van der Waals surface area contributed by atoms with E-state index < -0.39 is 5.92 Å². The van der Waals surface area contributed by atoms with Crippen molar-refractivity contribution in [3.8, 4) is 0 Å². The van der Waals surface area contributed by atoms with Gasteiger partial charge in [-0.05, 0) is 23.4 Å². The molecule has 1 fully saturated rings. The fourth-order valence-electron chi connectivity index (χ4n) is 3.58. The molecular weight excluding hydrogens is 346 g/mol. The van der Waals surface area contributed by atoms with Crippen molar-refractivity contribution in [2.45, 2.75) is 24.9 Å². The Hall–Kier alpha value is -2.73. The van der Waals surface area contributed by atoms with Crippen molar-refractivity contribution >= 4 is 23.0 Å². The van der Waals surface area contributed by atoms with Crippen LogP contribution >= 0.6 is 11.3 Å². The van der Waals surface area contributed by atoms with E-state index >= 15 is 0 Å². The first-order chi connectivity index (χ1) is 12.8. The molecule has 1 aliphatic rings. The number of aryl methyl sites for hydroxylation is 1. The largest absolute Gasteiger partial charge is 0.337 e. The molecule has 4 rings (SSSR count). The zero-order valence-electron chi connectivity index (χ0n) is 14.2. The van der Waals surface area contributed by atoms with Crippen LogP contribution in [-0.2, 0) is 16.1 Å². The van der Waals surface area contributed by atoms with Crippen LogP contribution in [0.3, 0.4) is 0 Å². The van der Waals surface area contributed by atoms with Gasteiger partial charge in [-0.3, -0.25) is 9.59 Å². The summed E-state index contributed by atoms with van der Waals surface area (Å²) in [5.74, 6) is -1.12. The highest BCUT2D eigenvalue weighted by atomic mass is 32.1. The first-order valence-corrected chi connectivity index (χ1v) is 9.52. The summed E-state index contributed by atoms with van der Waals surface area (Å²) < 4.78 is 1.98. The SMILES string of the molecule is O=C1C(=O)N(CCCn2ccnc2)C(c2cccs2)C1c1ccccc1. The van der Waals surface area contributed by atoms with Crippen molar-refractivity contribution in [2.24, 2.45) is 0 Å². The minimum Gasteiger partial charge on any atom is -0.337 e. The molecule has 0 aliphatic carbocycles. The lowest BCUT2D eigenvalue weighted by atomic mass is 9.90. The third-order valence-electron chi connectivity index (χ3n) is 4.77. The third kappa shape index (κ3) is 3.08. The smallest absolute Gasteiger partial charge is 0.291 e. The fourth-order valence-corrected chi connectivity index (χ4v) is 4.45. The first-order valence-electron chi connectivity index (χ1n) is 8.64. The van der Waals surface area contributed by atoms with Gasteiger partial charge < -0.3 is 9.47 Å². The van der Waals surface area contributed by atoms with Crippen molar-refractivity contribution in [1.29, 1.82) is 0 Å². The summed E-state index contributed by atoms with van der Waals surface area (Å²) in [4.78, 5) is 32.4. The Morgan fingerprint density at radius 1 is 1.04 bits per heavy atom. The maximum atomic E-state index is 12.8. The highest BCUT2D eigenvalue weighted by Crippen LogP contribution is 2.43. The summed E-state index contributed by atoms with van der Waals surface area (Å²) in [6, 6.07) is 13.4. The van der Waals surface area contributed by atoms with Crippen LogP contribution in [0.15, 0.2) is 66.6 Å². The lowest BCUT2D eigenvalue weighted by molar-refractivity contribution is -0.140. The summed E-state index contributed by atoms with van der Waals surface area (Å²) in [5, 5.41) is 1.99. The number of likely N-dealkylation sites (tertiary alicyclic amines) is 1. The Balaban J connectivity index is 1.61. The lowest BCUT2D eigenvalue weighted by Gasteiger charge is -2.26. The van der Waals surface area contributed by atoms with E-state index in [1.165, 1.54) is 0 Å². The Kier molecular flexibility index (Phi) is 4.67. The van der Waals surface area contributed by atoms with E-state index in [1.807, 2.05) is 58.6 Å². The quantitative estimate of drug-likeness (QED) is 0.630. The summed E-state index contributed by atoms with van der Waals surface area (Å²) in [6.45, 7) is 1.32. The predicted octanol–water partition coefficient (Wildman–Crippen LogP) is 3.27. The molecule has 3 aromatic rings. The molecule has 2 aromatic heterocycles. The van der Waals surface area contributed by atoms with Crippen LogP contribution in [0, 0.1) is 0 Å². The van der Waals surface area contributed by atoms with Crippen LogP contribution in [0.25, 0.3) is 0 Å². The van der Waals surface area contributed by atoms with Gasteiger partial charge in [0.2, 0.25) is 5.78 Å². The third-order valence-corrected chi connectivity index (χ3v) is 5.72. The second kappa shape index (κ2) is 7.25. The van der Waals surface area contributed by atoms with Crippen LogP contribution in [0.2, 0.25) is 0 Å². The summed E-state index contributed by atoms with van der Waals surface area (Å²) in [6.07, 6.45) is 6.18. The van der Waals surface area contributed by atoms with Gasteiger partial charge in [-0.1, -0.05) is 36.4 Å². The molecule has 6 heteroatoms. The molecule has 1 amide bonds. The zero-order valence-corrected chi connectivity index (χ0v) is 15.0. The minimum atomic E-state index is -0.435. The molecule has 1 aliphatic heterocycles. The van der Waals surface area contributed by atoms with Crippen LogP contribution in [0.4, 0.5) is 0 Å². The summed E-state index contributed by atoms with van der Waals surface area (Å²) in [7, 11) is 0. The molecule has 1 aromatic carbocycles. The number of nitrogens with zero attached hydrogens (tertiary/aromatic N) is 3. The van der Waals surface area contributed by atoms with Crippen LogP contribution in [0.1, 0.15) is 28.8 Å². The van der Waals surface area contributed by atoms with Crippen LogP contribution in [-0.4, -0.2) is 32.7 Å². The number of imidazole rings is 1. The fraction of sp³-hybridized carbons (Fsp3) is 0.250. The number of amides is 1.